The lowest BCUT2D eigenvalue weighted by molar-refractivity contribution is -0.116. The number of carbonyl (C=O) groups is 1. The number of likely N-dealkylation sites (N-methyl/N-ethyl adjacent to an activating group) is 1. The number of hydrogen-bond acceptors (Lipinski definition) is 2. The topological polar surface area (TPSA) is 32.3 Å². The summed E-state index contributed by atoms with van der Waals surface area (Å²) in [7, 11) is 4.02. The molecular formula is C20H40N2O. The Labute approximate surface area is 144 Å². The van der Waals surface area contributed by atoms with Crippen molar-refractivity contribution < 1.29 is 4.79 Å². The maximum Gasteiger partial charge on any atom is 0.243 e. The van der Waals surface area contributed by atoms with E-state index in [1.54, 1.807) is 6.08 Å². The summed E-state index contributed by atoms with van der Waals surface area (Å²) in [6.45, 7) is 3.87. The average molecular weight is 325 g/mol. The maximum atomic E-state index is 11.5. The van der Waals surface area contributed by atoms with Gasteiger partial charge in [0.05, 0.1) is 0 Å². The van der Waals surface area contributed by atoms with E-state index in [1.807, 2.05) is 20.2 Å². The zero-order valence-electron chi connectivity index (χ0n) is 15.9. The van der Waals surface area contributed by atoms with Crippen LogP contribution in [-0.2, 0) is 4.79 Å². The van der Waals surface area contributed by atoms with Crippen LogP contribution in [0, 0.1) is 0 Å². The Morgan fingerprint density at radius 1 is 0.870 bits per heavy atom. The molecule has 0 bridgehead atoms. The first kappa shape index (κ1) is 22.2. The third kappa shape index (κ3) is 19.1. The first-order valence-electron chi connectivity index (χ1n) is 9.76. The molecule has 0 aromatic heterocycles. The summed E-state index contributed by atoms with van der Waals surface area (Å²) in [4.78, 5) is 13.6. The zero-order chi connectivity index (χ0) is 17.2. The van der Waals surface area contributed by atoms with Gasteiger partial charge in [-0.25, -0.2) is 0 Å². The van der Waals surface area contributed by atoms with Gasteiger partial charge in [-0.3, -0.25) is 4.79 Å². The Balaban J connectivity index is 3.23. The lowest BCUT2D eigenvalue weighted by Crippen LogP contribution is -2.30. The van der Waals surface area contributed by atoms with Crippen LogP contribution in [0.15, 0.2) is 12.2 Å². The third-order valence-corrected chi connectivity index (χ3v) is 4.10. The molecule has 0 atom stereocenters. The minimum absolute atomic E-state index is 0.0370. The van der Waals surface area contributed by atoms with Gasteiger partial charge in [0.2, 0.25) is 5.91 Å². The molecule has 0 fully saturated rings. The van der Waals surface area contributed by atoms with E-state index in [9.17, 15) is 4.79 Å². The molecule has 0 unspecified atom stereocenters. The molecule has 23 heavy (non-hydrogen) atoms. The highest BCUT2D eigenvalue weighted by molar-refractivity contribution is 5.87. The Hall–Kier alpha value is -0.830. The number of rotatable bonds is 16. The quantitative estimate of drug-likeness (QED) is 0.323. The SMILES string of the molecule is CCCCCCCCCCCCC/C=C/C(=O)NCCN(C)C. The van der Waals surface area contributed by atoms with Crippen LogP contribution in [0.1, 0.15) is 84.0 Å². The summed E-state index contributed by atoms with van der Waals surface area (Å²) >= 11 is 0. The van der Waals surface area contributed by atoms with E-state index in [4.69, 9.17) is 0 Å². The third-order valence-electron chi connectivity index (χ3n) is 4.10. The monoisotopic (exact) mass is 324 g/mol. The number of hydrogen-bond donors (Lipinski definition) is 1. The summed E-state index contributed by atoms with van der Waals surface area (Å²) in [5.74, 6) is 0.0370. The van der Waals surface area contributed by atoms with Gasteiger partial charge in [-0.2, -0.15) is 0 Å². The molecule has 0 spiro atoms. The molecule has 0 heterocycles. The molecular weight excluding hydrogens is 284 g/mol. The van der Waals surface area contributed by atoms with Crippen molar-refractivity contribution in [1.82, 2.24) is 10.2 Å². The van der Waals surface area contributed by atoms with Crippen LogP contribution in [-0.4, -0.2) is 38.0 Å². The van der Waals surface area contributed by atoms with Gasteiger partial charge in [0, 0.05) is 13.1 Å². The molecule has 0 aliphatic carbocycles. The number of nitrogens with zero attached hydrogens (tertiary/aromatic N) is 1. The molecule has 3 heteroatoms. The fourth-order valence-electron chi connectivity index (χ4n) is 2.58. The number of nitrogens with one attached hydrogen (secondary N) is 1. The highest BCUT2D eigenvalue weighted by atomic mass is 16.1. The molecule has 0 rings (SSSR count). The van der Waals surface area contributed by atoms with Gasteiger partial charge in [-0.15, -0.1) is 0 Å². The van der Waals surface area contributed by atoms with Gasteiger partial charge < -0.3 is 10.2 Å². The van der Waals surface area contributed by atoms with Crippen molar-refractivity contribution in [1.29, 1.82) is 0 Å². The van der Waals surface area contributed by atoms with Crippen molar-refractivity contribution in [2.45, 2.75) is 84.0 Å². The maximum absolute atomic E-state index is 11.5. The van der Waals surface area contributed by atoms with Gasteiger partial charge in [0.15, 0.2) is 0 Å². The summed E-state index contributed by atoms with van der Waals surface area (Å²) in [5.41, 5.74) is 0. The van der Waals surface area contributed by atoms with E-state index >= 15 is 0 Å². The largest absolute Gasteiger partial charge is 0.351 e. The smallest absolute Gasteiger partial charge is 0.243 e. The van der Waals surface area contributed by atoms with Gasteiger partial charge in [-0.1, -0.05) is 77.2 Å². The second-order valence-corrected chi connectivity index (χ2v) is 6.82. The van der Waals surface area contributed by atoms with Crippen LogP contribution in [0.3, 0.4) is 0 Å². The number of unbranched alkanes of at least 4 members (excludes halogenated alkanes) is 11. The van der Waals surface area contributed by atoms with E-state index in [1.165, 1.54) is 70.6 Å². The minimum Gasteiger partial charge on any atom is -0.351 e. The van der Waals surface area contributed by atoms with Crippen molar-refractivity contribution in [3.8, 4) is 0 Å². The Kier molecular flexibility index (Phi) is 16.9. The summed E-state index contributed by atoms with van der Waals surface area (Å²) in [5, 5.41) is 2.89. The molecule has 3 nitrogen and oxygen atoms in total. The van der Waals surface area contributed by atoms with E-state index in [0.717, 1.165) is 13.0 Å². The molecule has 0 saturated heterocycles. The van der Waals surface area contributed by atoms with Crippen LogP contribution in [0.25, 0.3) is 0 Å². The van der Waals surface area contributed by atoms with Gasteiger partial charge in [-0.05, 0) is 33.0 Å². The normalized spacial score (nSPS) is 11.5. The highest BCUT2D eigenvalue weighted by Gasteiger charge is 1.95. The standard InChI is InChI=1S/C20H40N2O/c1-4-5-6-7-8-9-10-11-12-13-14-15-16-17-20(23)21-18-19-22(2)3/h16-17H,4-15,18-19H2,1-3H3,(H,21,23)/b17-16+. The average Bonchev–Trinajstić information content (AvgIpc) is 2.51. The Bertz CT molecular complexity index is 287. The Morgan fingerprint density at radius 2 is 1.39 bits per heavy atom. The molecule has 0 aromatic rings. The molecule has 136 valence electrons. The van der Waals surface area contributed by atoms with E-state index in [0.29, 0.717) is 6.54 Å². The van der Waals surface area contributed by atoms with Crippen LogP contribution >= 0.6 is 0 Å². The molecule has 0 aliphatic heterocycles. The van der Waals surface area contributed by atoms with Gasteiger partial charge in [0.25, 0.3) is 0 Å². The fourth-order valence-corrected chi connectivity index (χ4v) is 2.58. The van der Waals surface area contributed by atoms with Crippen molar-refractivity contribution in [2.24, 2.45) is 0 Å². The van der Waals surface area contributed by atoms with E-state index in [2.05, 4.69) is 17.1 Å². The summed E-state index contributed by atoms with van der Waals surface area (Å²) in [6.07, 6.45) is 19.8. The van der Waals surface area contributed by atoms with Crippen LogP contribution in [0.4, 0.5) is 0 Å². The van der Waals surface area contributed by atoms with Gasteiger partial charge in [0.1, 0.15) is 0 Å². The first-order valence-corrected chi connectivity index (χ1v) is 9.76. The molecule has 0 saturated carbocycles. The van der Waals surface area contributed by atoms with E-state index in [-0.39, 0.29) is 5.91 Å². The lowest BCUT2D eigenvalue weighted by atomic mass is 10.1. The second-order valence-electron chi connectivity index (χ2n) is 6.82. The van der Waals surface area contributed by atoms with Crippen LogP contribution in [0.2, 0.25) is 0 Å². The number of allylic oxidation sites excluding steroid dienone is 1. The predicted octanol–water partition coefficient (Wildman–Crippen LogP) is 4.92. The highest BCUT2D eigenvalue weighted by Crippen LogP contribution is 2.11. The number of carbonyl (C=O) groups excluding carboxylic acids is 1. The van der Waals surface area contributed by atoms with Crippen molar-refractivity contribution in [2.75, 3.05) is 27.2 Å². The van der Waals surface area contributed by atoms with Crippen molar-refractivity contribution >= 4 is 5.91 Å². The summed E-state index contributed by atoms with van der Waals surface area (Å²) < 4.78 is 0. The van der Waals surface area contributed by atoms with Crippen molar-refractivity contribution in [3.63, 3.8) is 0 Å². The molecule has 1 amide bonds. The summed E-state index contributed by atoms with van der Waals surface area (Å²) in [6, 6.07) is 0. The van der Waals surface area contributed by atoms with Crippen LogP contribution in [0.5, 0.6) is 0 Å². The molecule has 1 N–H and O–H groups in total. The second kappa shape index (κ2) is 17.5. The Morgan fingerprint density at radius 3 is 1.91 bits per heavy atom. The fraction of sp³-hybridized carbons (Fsp3) is 0.850. The molecule has 0 radical (unpaired) electrons. The predicted molar refractivity (Wildman–Crippen MR) is 102 cm³/mol. The molecule has 0 aliphatic rings. The molecule has 0 aromatic carbocycles. The lowest BCUT2D eigenvalue weighted by Gasteiger charge is -2.08. The van der Waals surface area contributed by atoms with Crippen LogP contribution < -0.4 is 5.32 Å². The zero-order valence-corrected chi connectivity index (χ0v) is 15.9. The van der Waals surface area contributed by atoms with E-state index < -0.39 is 0 Å². The first-order chi connectivity index (χ1) is 11.2. The van der Waals surface area contributed by atoms with Crippen molar-refractivity contribution in [3.05, 3.63) is 12.2 Å². The van der Waals surface area contributed by atoms with Gasteiger partial charge >= 0.3 is 0 Å². The minimum atomic E-state index is 0.0370. The number of amides is 1.